The molecule has 0 aliphatic carbocycles. The van der Waals surface area contributed by atoms with E-state index >= 15 is 0 Å². The molecule has 0 saturated heterocycles. The molecule has 0 saturated carbocycles. The molecule has 0 aliphatic rings. The number of hydrogen-bond acceptors (Lipinski definition) is 2. The lowest BCUT2D eigenvalue weighted by atomic mass is 9.79. The van der Waals surface area contributed by atoms with Gasteiger partial charge in [0.2, 0.25) is 0 Å². The van der Waals surface area contributed by atoms with Gasteiger partial charge in [0.05, 0.1) is 0 Å². The Bertz CT molecular complexity index is 160. The van der Waals surface area contributed by atoms with Crippen molar-refractivity contribution in [1.82, 2.24) is 0 Å². The van der Waals surface area contributed by atoms with Gasteiger partial charge >= 0.3 is 5.97 Å². The molecule has 0 amide bonds. The smallest absolute Gasteiger partial charge is 0.303 e. The lowest BCUT2D eigenvalue weighted by Crippen LogP contribution is -2.41. The number of hydrogen-bond donors (Lipinski definition) is 2. The van der Waals surface area contributed by atoms with E-state index in [0.717, 1.165) is 0 Å². The predicted molar refractivity (Wildman–Crippen MR) is 48.8 cm³/mol. The van der Waals surface area contributed by atoms with Gasteiger partial charge in [-0.25, -0.2) is 0 Å². The lowest BCUT2D eigenvalue weighted by Gasteiger charge is -2.31. The second-order valence-electron chi connectivity index (χ2n) is 4.47. The van der Waals surface area contributed by atoms with Crippen LogP contribution < -0.4 is 5.73 Å². The normalized spacial score (nSPS) is 17.1. The largest absolute Gasteiger partial charge is 0.481 e. The first-order valence-electron chi connectivity index (χ1n) is 4.22. The fourth-order valence-corrected chi connectivity index (χ4v) is 1.26. The molecule has 0 radical (unpaired) electrons. The molecule has 2 unspecified atom stereocenters. The first-order valence-corrected chi connectivity index (χ1v) is 4.22. The van der Waals surface area contributed by atoms with Crippen molar-refractivity contribution < 1.29 is 9.90 Å². The van der Waals surface area contributed by atoms with E-state index in [1.807, 2.05) is 27.7 Å². The van der Waals surface area contributed by atoms with Crippen LogP contribution in [0.3, 0.4) is 0 Å². The van der Waals surface area contributed by atoms with Crippen LogP contribution in [0.25, 0.3) is 0 Å². The Morgan fingerprint density at radius 2 is 1.92 bits per heavy atom. The lowest BCUT2D eigenvalue weighted by molar-refractivity contribution is -0.138. The van der Waals surface area contributed by atoms with Gasteiger partial charge in [0.15, 0.2) is 0 Å². The van der Waals surface area contributed by atoms with E-state index in [1.54, 1.807) is 0 Å². The predicted octanol–water partition coefficient (Wildman–Crippen LogP) is 1.47. The first kappa shape index (κ1) is 11.4. The van der Waals surface area contributed by atoms with Crippen LogP contribution in [-0.2, 0) is 4.79 Å². The van der Waals surface area contributed by atoms with E-state index in [-0.39, 0.29) is 23.8 Å². The highest BCUT2D eigenvalue weighted by molar-refractivity contribution is 5.67. The van der Waals surface area contributed by atoms with E-state index in [0.29, 0.717) is 0 Å². The minimum Gasteiger partial charge on any atom is -0.481 e. The molecule has 72 valence electrons. The fraction of sp³-hybridized carbons (Fsp3) is 0.889. The van der Waals surface area contributed by atoms with Gasteiger partial charge < -0.3 is 10.8 Å². The van der Waals surface area contributed by atoms with Gasteiger partial charge in [-0.2, -0.15) is 0 Å². The monoisotopic (exact) mass is 173 g/mol. The maximum Gasteiger partial charge on any atom is 0.303 e. The van der Waals surface area contributed by atoms with Crippen molar-refractivity contribution in [2.45, 2.75) is 40.2 Å². The molecular formula is C9H19NO2. The zero-order chi connectivity index (χ0) is 9.94. The molecule has 0 aromatic heterocycles. The van der Waals surface area contributed by atoms with E-state index in [9.17, 15) is 4.79 Å². The molecular weight excluding hydrogens is 154 g/mol. The molecule has 0 bridgehead atoms. The summed E-state index contributed by atoms with van der Waals surface area (Å²) in [6.07, 6.45) is 0.151. The third-order valence-electron chi connectivity index (χ3n) is 2.11. The quantitative estimate of drug-likeness (QED) is 0.679. The molecule has 0 rings (SSSR count). The van der Waals surface area contributed by atoms with Crippen LogP contribution in [0.2, 0.25) is 0 Å². The van der Waals surface area contributed by atoms with Crippen molar-refractivity contribution in [1.29, 1.82) is 0 Å². The number of carbonyl (C=O) groups is 1. The zero-order valence-electron chi connectivity index (χ0n) is 8.29. The second-order valence-corrected chi connectivity index (χ2v) is 4.47. The van der Waals surface area contributed by atoms with Gasteiger partial charge in [-0.15, -0.1) is 0 Å². The molecule has 2 atom stereocenters. The minimum absolute atomic E-state index is 0.0190. The standard InChI is InChI=1S/C9H19NO2/c1-6(5-7(11)12)8(10)9(2,3)4/h6,8H,5,10H2,1-4H3,(H,11,12). The van der Waals surface area contributed by atoms with Crippen molar-refractivity contribution in [3.8, 4) is 0 Å². The number of nitrogens with two attached hydrogens (primary N) is 1. The highest BCUT2D eigenvalue weighted by Crippen LogP contribution is 2.24. The Morgan fingerprint density at radius 1 is 1.50 bits per heavy atom. The molecule has 0 spiro atoms. The molecule has 0 aromatic carbocycles. The molecule has 3 nitrogen and oxygen atoms in total. The summed E-state index contributed by atoms with van der Waals surface area (Å²) in [5, 5.41) is 8.54. The van der Waals surface area contributed by atoms with Gasteiger partial charge in [-0.3, -0.25) is 4.79 Å². The maximum atomic E-state index is 10.4. The average molecular weight is 173 g/mol. The van der Waals surface area contributed by atoms with Crippen molar-refractivity contribution in [3.63, 3.8) is 0 Å². The Balaban J connectivity index is 4.10. The van der Waals surface area contributed by atoms with Crippen LogP contribution in [0.15, 0.2) is 0 Å². The van der Waals surface area contributed by atoms with Crippen LogP contribution >= 0.6 is 0 Å². The summed E-state index contributed by atoms with van der Waals surface area (Å²) < 4.78 is 0. The third-order valence-corrected chi connectivity index (χ3v) is 2.11. The van der Waals surface area contributed by atoms with Crippen molar-refractivity contribution >= 4 is 5.97 Å². The maximum absolute atomic E-state index is 10.4. The van der Waals surface area contributed by atoms with E-state index in [2.05, 4.69) is 0 Å². The number of carboxylic acids is 1. The summed E-state index contributed by atoms with van der Waals surface area (Å²) in [7, 11) is 0. The van der Waals surface area contributed by atoms with Gasteiger partial charge in [-0.1, -0.05) is 27.7 Å². The van der Waals surface area contributed by atoms with Crippen molar-refractivity contribution in [2.75, 3.05) is 0 Å². The molecule has 0 aliphatic heterocycles. The molecule has 12 heavy (non-hydrogen) atoms. The topological polar surface area (TPSA) is 63.3 Å². The molecule has 3 N–H and O–H groups in total. The molecule has 0 heterocycles. The van der Waals surface area contributed by atoms with Gasteiger partial charge in [0.25, 0.3) is 0 Å². The second kappa shape index (κ2) is 3.90. The summed E-state index contributed by atoms with van der Waals surface area (Å²) in [6, 6.07) is -0.0615. The molecule has 0 fully saturated rings. The van der Waals surface area contributed by atoms with Crippen LogP contribution in [-0.4, -0.2) is 17.1 Å². The molecule has 3 heteroatoms. The summed E-state index contributed by atoms with van der Waals surface area (Å²) in [5.41, 5.74) is 5.86. The number of carboxylic acid groups (broad SMARTS) is 1. The van der Waals surface area contributed by atoms with Crippen LogP contribution in [0.1, 0.15) is 34.1 Å². The average Bonchev–Trinajstić information content (AvgIpc) is 1.82. The Kier molecular flexibility index (Phi) is 3.71. The molecule has 0 aromatic rings. The Hall–Kier alpha value is -0.570. The Labute approximate surface area is 74.0 Å². The van der Waals surface area contributed by atoms with Gasteiger partial charge in [0, 0.05) is 12.5 Å². The summed E-state index contributed by atoms with van der Waals surface area (Å²) in [5.74, 6) is -0.746. The van der Waals surface area contributed by atoms with E-state index in [4.69, 9.17) is 10.8 Å². The SMILES string of the molecule is CC(CC(=O)O)C(N)C(C)(C)C. The highest BCUT2D eigenvalue weighted by Gasteiger charge is 2.27. The van der Waals surface area contributed by atoms with Crippen molar-refractivity contribution in [2.24, 2.45) is 17.1 Å². The highest BCUT2D eigenvalue weighted by atomic mass is 16.4. The fourth-order valence-electron chi connectivity index (χ4n) is 1.26. The summed E-state index contributed by atoms with van der Waals surface area (Å²) in [6.45, 7) is 7.95. The van der Waals surface area contributed by atoms with Crippen LogP contribution in [0.5, 0.6) is 0 Å². The zero-order valence-corrected chi connectivity index (χ0v) is 8.29. The summed E-state index contributed by atoms with van der Waals surface area (Å²) >= 11 is 0. The van der Waals surface area contributed by atoms with Crippen LogP contribution in [0.4, 0.5) is 0 Å². The van der Waals surface area contributed by atoms with E-state index in [1.165, 1.54) is 0 Å². The Morgan fingerprint density at radius 3 is 2.17 bits per heavy atom. The van der Waals surface area contributed by atoms with Crippen molar-refractivity contribution in [3.05, 3.63) is 0 Å². The number of aliphatic carboxylic acids is 1. The van der Waals surface area contributed by atoms with E-state index < -0.39 is 5.97 Å². The van der Waals surface area contributed by atoms with Gasteiger partial charge in [-0.05, 0) is 11.3 Å². The summed E-state index contributed by atoms with van der Waals surface area (Å²) in [4.78, 5) is 10.4. The first-order chi connectivity index (χ1) is 5.25. The third kappa shape index (κ3) is 3.72. The van der Waals surface area contributed by atoms with Gasteiger partial charge in [0.1, 0.15) is 0 Å². The number of rotatable bonds is 3. The van der Waals surface area contributed by atoms with Crippen LogP contribution in [0, 0.1) is 11.3 Å². The minimum atomic E-state index is -0.776.